The molecule has 0 nitrogen and oxygen atoms in total. The van der Waals surface area contributed by atoms with Crippen molar-refractivity contribution < 1.29 is 17.0 Å². The maximum atomic E-state index is 4.89. The Balaban J connectivity index is 0.000000180. The number of fused-ring (bicyclic) bond motifs is 4. The van der Waals surface area contributed by atoms with Crippen LogP contribution in [0.5, 0.6) is 0 Å². The van der Waals surface area contributed by atoms with Crippen molar-refractivity contribution in [2.45, 2.75) is 65.2 Å². The van der Waals surface area contributed by atoms with E-state index in [1.165, 1.54) is 73.9 Å². The van der Waals surface area contributed by atoms with Crippen molar-refractivity contribution in [3.8, 4) is 22.3 Å². The van der Waals surface area contributed by atoms with Crippen molar-refractivity contribution in [3.05, 3.63) is 126 Å². The molecule has 0 aromatic heterocycles. The van der Waals surface area contributed by atoms with Gasteiger partial charge in [0.2, 0.25) is 0 Å². The first-order chi connectivity index (χ1) is 20.5. The minimum atomic E-state index is -0.556. The van der Waals surface area contributed by atoms with E-state index in [1.54, 1.807) is 0 Å². The van der Waals surface area contributed by atoms with Crippen LogP contribution in [0.15, 0.2) is 103 Å². The Kier molecular flexibility index (Phi) is 15.5. The van der Waals surface area contributed by atoms with Crippen LogP contribution in [0, 0.1) is 13.0 Å². The molecule has 0 atom stereocenters. The minimum Gasteiger partial charge on any atom is -0.179 e. The van der Waals surface area contributed by atoms with Gasteiger partial charge in [-0.15, -0.1) is 57.3 Å². The zero-order chi connectivity index (χ0) is 30.3. The Labute approximate surface area is 274 Å². The molecule has 2 radical (unpaired) electrons. The molecule has 0 heterocycles. The van der Waals surface area contributed by atoms with E-state index in [0.717, 1.165) is 6.42 Å². The topological polar surface area (TPSA) is 0 Å². The number of rotatable bonds is 6. The molecule has 0 amide bonds. The Morgan fingerprint density at radius 2 is 1.31 bits per heavy atom. The van der Waals surface area contributed by atoms with Crippen LogP contribution in [0.2, 0.25) is 24.2 Å². The van der Waals surface area contributed by atoms with Gasteiger partial charge in [0.05, 0.1) is 0 Å². The minimum absolute atomic E-state index is 0.138. The smallest absolute Gasteiger partial charge is 0.0253 e. The Hall–Kier alpha value is -1.78. The van der Waals surface area contributed by atoms with Crippen LogP contribution >= 0.6 is 18.6 Å². The summed E-state index contributed by atoms with van der Waals surface area (Å²) in [6.07, 6.45) is 1.01. The maximum Gasteiger partial charge on any atom is -0.0253 e. The van der Waals surface area contributed by atoms with E-state index < -0.39 is 17.0 Å². The van der Waals surface area contributed by atoms with Crippen molar-refractivity contribution >= 4 is 46.0 Å². The average Bonchev–Trinajstić information content (AvgIpc) is 3.61. The third-order valence-electron chi connectivity index (χ3n) is 7.79. The molecular weight excluding hydrogens is 619 g/mol. The summed E-state index contributed by atoms with van der Waals surface area (Å²) < 4.78 is 0. The molecule has 0 N–H and O–H groups in total. The van der Waals surface area contributed by atoms with Crippen LogP contribution in [0.1, 0.15) is 44.4 Å². The van der Waals surface area contributed by atoms with Crippen LogP contribution in [-0.2, 0) is 23.5 Å². The summed E-state index contributed by atoms with van der Waals surface area (Å²) in [5.41, 5.74) is 9.42. The van der Waals surface area contributed by atoms with Crippen LogP contribution < -0.4 is 0 Å². The molecule has 1 aliphatic rings. The number of benzene rings is 4. The van der Waals surface area contributed by atoms with Gasteiger partial charge in [-0.3, -0.25) is 0 Å². The van der Waals surface area contributed by atoms with Crippen molar-refractivity contribution in [1.29, 1.82) is 0 Å². The predicted molar refractivity (Wildman–Crippen MR) is 188 cm³/mol. The summed E-state index contributed by atoms with van der Waals surface area (Å²) in [6.45, 7) is 11.7. The quantitative estimate of drug-likeness (QED) is 0.123. The maximum absolute atomic E-state index is 4.89. The van der Waals surface area contributed by atoms with Crippen LogP contribution in [0.25, 0.3) is 33.0 Å². The van der Waals surface area contributed by atoms with Gasteiger partial charge in [0.25, 0.3) is 0 Å². The van der Waals surface area contributed by atoms with Gasteiger partial charge in [-0.2, -0.15) is 24.3 Å². The van der Waals surface area contributed by atoms with Crippen molar-refractivity contribution in [2.75, 3.05) is 0 Å². The largest absolute Gasteiger partial charge is 0.179 e. The second kappa shape index (κ2) is 18.8. The zero-order valence-electron chi connectivity index (χ0n) is 25.6. The van der Waals surface area contributed by atoms with Crippen molar-refractivity contribution in [2.24, 2.45) is 0 Å². The first-order valence-corrected chi connectivity index (χ1v) is 24.1. The fourth-order valence-electron chi connectivity index (χ4n) is 5.76. The van der Waals surface area contributed by atoms with E-state index in [4.69, 9.17) is 18.6 Å². The summed E-state index contributed by atoms with van der Waals surface area (Å²) in [6, 6.07) is 45.8. The third kappa shape index (κ3) is 9.61. The molecule has 218 valence electrons. The molecule has 0 aliphatic heterocycles. The molecule has 0 unspecified atom stereocenters. The van der Waals surface area contributed by atoms with Gasteiger partial charge >= 0.3 is 35.6 Å². The summed E-state index contributed by atoms with van der Waals surface area (Å²) in [5, 5.41) is 2.69. The fraction of sp³-hybridized carbons (Fsp3) is 0.270. The second-order valence-corrected chi connectivity index (χ2v) is 22.4. The van der Waals surface area contributed by atoms with E-state index in [9.17, 15) is 0 Å². The Morgan fingerprint density at radius 3 is 1.93 bits per heavy atom. The molecule has 0 saturated carbocycles. The Morgan fingerprint density at radius 1 is 0.738 bits per heavy atom. The van der Waals surface area contributed by atoms with Gasteiger partial charge in [0, 0.05) is 16.6 Å². The normalized spacial score (nSPS) is 11.0. The SMILES string of the molecule is CC[Si](CC)[Si](CC)CC.Cc1cc2ccccc2[cH-]1.[Cl][Ti][Cl].[c-]1ccc(-c2ccccc2)c2c1Cc1ccccc1-2. The fourth-order valence-corrected chi connectivity index (χ4v) is 14.8. The van der Waals surface area contributed by atoms with Gasteiger partial charge in [0.15, 0.2) is 0 Å². The number of halogens is 2. The molecule has 1 aliphatic carbocycles. The molecule has 5 aromatic carbocycles. The summed E-state index contributed by atoms with van der Waals surface area (Å²) in [4.78, 5) is 0. The van der Waals surface area contributed by atoms with Crippen molar-refractivity contribution in [1.82, 2.24) is 0 Å². The van der Waals surface area contributed by atoms with Gasteiger partial charge in [-0.25, -0.2) is 0 Å². The van der Waals surface area contributed by atoms with Gasteiger partial charge in [0.1, 0.15) is 0 Å². The number of hydrogen-bond donors (Lipinski definition) is 0. The third-order valence-corrected chi connectivity index (χ3v) is 19.4. The first-order valence-electron chi connectivity index (χ1n) is 15.0. The van der Waals surface area contributed by atoms with Gasteiger partial charge < -0.3 is 0 Å². The molecule has 0 saturated heterocycles. The predicted octanol–water partition coefficient (Wildman–Crippen LogP) is 12.1. The molecule has 5 heteroatoms. The summed E-state index contributed by atoms with van der Waals surface area (Å²) in [7, 11) is 10.1. The summed E-state index contributed by atoms with van der Waals surface area (Å²) in [5.74, 6) is 0. The second-order valence-electron chi connectivity index (χ2n) is 10.3. The molecule has 0 bridgehead atoms. The monoisotopic (exact) mass is 660 g/mol. The standard InChI is InChI=1S/C19H13.C10H9.C8H20Si2.2ClH.Ti/c1-2-7-14(8-3-1)17-12-6-10-16-13-15-9-4-5-11-18(15)19(16)17;1-8-6-9-4-2-3-5-10(9)7-8;1-5-9(6-2)10(7-3)8-4;;;/h1-9,11-12H,13H2;2-7H,1H3;5-8H2,1-4H3;2*1H;/q2*-1;;;;+2/p-2. The number of aryl methyl sites for hydroxylation is 1. The Bertz CT molecular complexity index is 1430. The van der Waals surface area contributed by atoms with Crippen molar-refractivity contribution in [3.63, 3.8) is 0 Å². The molecule has 0 spiro atoms. The molecule has 42 heavy (non-hydrogen) atoms. The van der Waals surface area contributed by atoms with Gasteiger partial charge in [-0.05, 0) is 12.0 Å². The van der Waals surface area contributed by atoms with Gasteiger partial charge in [-0.1, -0.05) is 131 Å². The first kappa shape index (κ1) is 34.7. The van der Waals surface area contributed by atoms with Crippen LogP contribution in [0.3, 0.4) is 0 Å². The van der Waals surface area contributed by atoms with E-state index >= 15 is 0 Å². The zero-order valence-corrected chi connectivity index (χ0v) is 30.7. The molecule has 6 rings (SSSR count). The average molecular weight is 662 g/mol. The summed E-state index contributed by atoms with van der Waals surface area (Å²) >= 11 is -0.556. The van der Waals surface area contributed by atoms with E-state index in [1.807, 2.05) is 6.07 Å². The molecular formula is C37H42Cl2Si2Ti-2. The molecule has 0 fully saturated rings. The van der Waals surface area contributed by atoms with Crippen LogP contribution in [0.4, 0.5) is 0 Å². The number of hydrogen-bond acceptors (Lipinski definition) is 0. The molecule has 5 aromatic rings. The van der Waals surface area contributed by atoms with Crippen LogP contribution in [-0.4, -0.2) is 16.6 Å². The van der Waals surface area contributed by atoms with E-state index in [2.05, 4.69) is 138 Å². The van der Waals surface area contributed by atoms with E-state index in [-0.39, 0.29) is 16.6 Å². The van der Waals surface area contributed by atoms with E-state index in [0.29, 0.717) is 0 Å².